The van der Waals surface area contributed by atoms with E-state index >= 15 is 0 Å². The molecule has 0 spiro atoms. The molecule has 0 saturated carbocycles. The molecule has 0 rings (SSSR count). The summed E-state index contributed by atoms with van der Waals surface area (Å²) in [6.45, 7) is 11.2. The molecular weight excluding hydrogens is 420 g/mol. The number of amides is 3. The van der Waals surface area contributed by atoms with E-state index in [0.29, 0.717) is 12.8 Å². The number of carboxylic acids is 1. The molecule has 180 valence electrons. The molecule has 0 fully saturated rings. The Morgan fingerprint density at radius 3 is 1.52 bits per heavy atom. The lowest BCUT2D eigenvalue weighted by molar-refractivity contribution is -0.142. The van der Waals surface area contributed by atoms with E-state index in [4.69, 9.17) is 5.73 Å². The van der Waals surface area contributed by atoms with Crippen LogP contribution < -0.4 is 21.7 Å². The number of carbonyl (C=O) groups excluding carboxylic acids is 3. The highest BCUT2D eigenvalue weighted by Gasteiger charge is 2.34. The number of thiol groups is 1. The molecule has 0 aromatic carbocycles. The second-order valence-electron chi connectivity index (χ2n) is 8.24. The van der Waals surface area contributed by atoms with Gasteiger partial charge in [0.15, 0.2) is 0 Å². The molecule has 0 heterocycles. The number of rotatable bonds is 14. The summed E-state index contributed by atoms with van der Waals surface area (Å²) >= 11 is 3.95. The van der Waals surface area contributed by atoms with Crippen molar-refractivity contribution in [3.05, 3.63) is 0 Å². The molecule has 3 amide bonds. The van der Waals surface area contributed by atoms with Crippen molar-refractivity contribution in [2.75, 3.05) is 5.75 Å². The largest absolute Gasteiger partial charge is 0.480 e. The Hall–Kier alpha value is -1.81. The molecule has 31 heavy (non-hydrogen) atoms. The van der Waals surface area contributed by atoms with E-state index in [1.807, 2.05) is 34.6 Å². The monoisotopic (exact) mass is 460 g/mol. The number of nitrogens with one attached hydrogen (secondary N) is 3. The molecule has 7 unspecified atom stereocenters. The van der Waals surface area contributed by atoms with Crippen LogP contribution in [0, 0.1) is 17.8 Å². The fraction of sp³-hybridized carbons (Fsp3) is 0.810. The van der Waals surface area contributed by atoms with Crippen molar-refractivity contribution in [3.63, 3.8) is 0 Å². The fourth-order valence-electron chi connectivity index (χ4n) is 2.86. The Bertz CT molecular complexity index is 619. The second-order valence-corrected chi connectivity index (χ2v) is 8.60. The molecule has 7 atom stereocenters. The molecule has 9 nitrogen and oxygen atoms in total. The normalized spacial score (nSPS) is 17.9. The number of hydrogen-bond donors (Lipinski definition) is 6. The van der Waals surface area contributed by atoms with Gasteiger partial charge in [0, 0.05) is 5.75 Å². The van der Waals surface area contributed by atoms with Gasteiger partial charge >= 0.3 is 5.97 Å². The van der Waals surface area contributed by atoms with E-state index < -0.39 is 47.9 Å². The fourth-order valence-corrected chi connectivity index (χ4v) is 3.10. The molecule has 0 saturated heterocycles. The smallest absolute Gasteiger partial charge is 0.327 e. The van der Waals surface area contributed by atoms with Crippen LogP contribution in [0.2, 0.25) is 0 Å². The van der Waals surface area contributed by atoms with Gasteiger partial charge in [-0.1, -0.05) is 60.8 Å². The van der Waals surface area contributed by atoms with Crippen LogP contribution in [0.5, 0.6) is 0 Å². The Morgan fingerprint density at radius 1 is 0.774 bits per heavy atom. The summed E-state index contributed by atoms with van der Waals surface area (Å²) in [6.07, 6.45) is 1.93. The van der Waals surface area contributed by atoms with Crippen LogP contribution in [-0.4, -0.2) is 58.7 Å². The van der Waals surface area contributed by atoms with Gasteiger partial charge in [-0.2, -0.15) is 12.6 Å². The topological polar surface area (TPSA) is 151 Å². The van der Waals surface area contributed by atoms with Crippen LogP contribution in [0.4, 0.5) is 0 Å². The Labute approximate surface area is 191 Å². The van der Waals surface area contributed by atoms with E-state index in [1.54, 1.807) is 6.92 Å². The number of nitrogens with two attached hydrogens (primary N) is 1. The minimum absolute atomic E-state index is 0.0477. The summed E-state index contributed by atoms with van der Waals surface area (Å²) in [5.74, 6) is -3.31. The third-order valence-electron chi connectivity index (χ3n) is 5.94. The zero-order valence-corrected chi connectivity index (χ0v) is 20.4. The van der Waals surface area contributed by atoms with Crippen LogP contribution in [0.1, 0.15) is 60.8 Å². The summed E-state index contributed by atoms with van der Waals surface area (Å²) in [7, 11) is 0. The van der Waals surface area contributed by atoms with Crippen molar-refractivity contribution in [2.24, 2.45) is 23.5 Å². The summed E-state index contributed by atoms with van der Waals surface area (Å²) in [4.78, 5) is 49.7. The maximum absolute atomic E-state index is 13.1. The first-order valence-corrected chi connectivity index (χ1v) is 11.6. The van der Waals surface area contributed by atoms with E-state index in [9.17, 15) is 24.3 Å². The first-order chi connectivity index (χ1) is 14.4. The molecule has 10 heteroatoms. The minimum atomic E-state index is -1.21. The van der Waals surface area contributed by atoms with E-state index in [2.05, 4.69) is 28.6 Å². The Kier molecular flexibility index (Phi) is 13.5. The van der Waals surface area contributed by atoms with Gasteiger partial charge in [-0.3, -0.25) is 14.4 Å². The predicted molar refractivity (Wildman–Crippen MR) is 124 cm³/mol. The third kappa shape index (κ3) is 9.06. The van der Waals surface area contributed by atoms with Gasteiger partial charge in [-0.15, -0.1) is 0 Å². The van der Waals surface area contributed by atoms with Crippen molar-refractivity contribution in [1.29, 1.82) is 0 Å². The first kappa shape index (κ1) is 29.2. The molecule has 0 aromatic rings. The Morgan fingerprint density at radius 2 is 1.16 bits per heavy atom. The highest BCUT2D eigenvalue weighted by Crippen LogP contribution is 2.14. The zero-order chi connectivity index (χ0) is 24.3. The Balaban J connectivity index is 5.57. The molecule has 0 aliphatic rings. The van der Waals surface area contributed by atoms with Gasteiger partial charge in [0.05, 0.1) is 6.04 Å². The van der Waals surface area contributed by atoms with Crippen LogP contribution in [0.15, 0.2) is 0 Å². The zero-order valence-electron chi connectivity index (χ0n) is 19.5. The summed E-state index contributed by atoms with van der Waals surface area (Å²) in [5.41, 5.74) is 6.01. The average molecular weight is 461 g/mol. The lowest BCUT2D eigenvalue weighted by Gasteiger charge is -2.30. The summed E-state index contributed by atoms with van der Waals surface area (Å²) < 4.78 is 0. The van der Waals surface area contributed by atoms with E-state index in [0.717, 1.165) is 6.42 Å². The molecular formula is C21H40N4O5S. The number of hydrogen-bond acceptors (Lipinski definition) is 6. The maximum Gasteiger partial charge on any atom is 0.327 e. The summed E-state index contributed by atoms with van der Waals surface area (Å²) in [5, 5.41) is 17.0. The highest BCUT2D eigenvalue weighted by atomic mass is 32.1. The van der Waals surface area contributed by atoms with Crippen molar-refractivity contribution >= 4 is 36.3 Å². The van der Waals surface area contributed by atoms with Crippen LogP contribution in [0.3, 0.4) is 0 Å². The molecule has 0 aliphatic carbocycles. The number of carboxylic acid groups (broad SMARTS) is 1. The van der Waals surface area contributed by atoms with Gasteiger partial charge in [0.25, 0.3) is 0 Å². The quantitative estimate of drug-likeness (QED) is 0.212. The van der Waals surface area contributed by atoms with Crippen LogP contribution in [0.25, 0.3) is 0 Å². The lowest BCUT2D eigenvalue weighted by Crippen LogP contribution is -2.60. The van der Waals surface area contributed by atoms with Crippen molar-refractivity contribution < 1.29 is 24.3 Å². The molecule has 0 aliphatic heterocycles. The average Bonchev–Trinajstić information content (AvgIpc) is 2.76. The molecule has 0 radical (unpaired) electrons. The predicted octanol–water partition coefficient (Wildman–Crippen LogP) is 0.921. The first-order valence-electron chi connectivity index (χ1n) is 10.9. The second kappa shape index (κ2) is 14.3. The third-order valence-corrected chi connectivity index (χ3v) is 6.31. The van der Waals surface area contributed by atoms with E-state index in [1.165, 1.54) is 0 Å². The maximum atomic E-state index is 13.1. The minimum Gasteiger partial charge on any atom is -0.480 e. The van der Waals surface area contributed by atoms with Gasteiger partial charge in [0.1, 0.15) is 18.1 Å². The van der Waals surface area contributed by atoms with E-state index in [-0.39, 0.29) is 23.5 Å². The van der Waals surface area contributed by atoms with Gasteiger partial charge in [-0.25, -0.2) is 4.79 Å². The van der Waals surface area contributed by atoms with Crippen LogP contribution >= 0.6 is 12.6 Å². The SMILES string of the molecule is CCC(C)C(N)C(=O)NC(C(=O)NC(C(=O)NC(CS)C(=O)O)C(C)CC)C(C)CC. The van der Waals surface area contributed by atoms with Crippen molar-refractivity contribution in [3.8, 4) is 0 Å². The highest BCUT2D eigenvalue weighted by molar-refractivity contribution is 7.80. The van der Waals surface area contributed by atoms with Crippen molar-refractivity contribution in [2.45, 2.75) is 85.0 Å². The summed E-state index contributed by atoms with van der Waals surface area (Å²) in [6, 6.07) is -3.74. The van der Waals surface area contributed by atoms with Gasteiger partial charge in [-0.05, 0) is 17.8 Å². The lowest BCUT2D eigenvalue weighted by atomic mass is 9.93. The number of carbonyl (C=O) groups is 4. The van der Waals surface area contributed by atoms with Gasteiger partial charge in [0.2, 0.25) is 17.7 Å². The molecule has 6 N–H and O–H groups in total. The molecule has 0 bridgehead atoms. The molecule has 0 aromatic heterocycles. The standard InChI is InChI=1S/C21H40N4O5S/c1-7-11(4)15(22)18(26)24-17(13(6)9-3)20(28)25-16(12(5)8-2)19(27)23-14(10-31)21(29)30/h11-17,31H,7-10,22H2,1-6H3,(H,23,27)(H,24,26)(H,25,28)(H,29,30). The van der Waals surface area contributed by atoms with Gasteiger partial charge < -0.3 is 26.8 Å². The number of aliphatic carboxylic acids is 1. The van der Waals surface area contributed by atoms with Crippen LogP contribution in [-0.2, 0) is 19.2 Å². The van der Waals surface area contributed by atoms with Crippen molar-refractivity contribution in [1.82, 2.24) is 16.0 Å².